The summed E-state index contributed by atoms with van der Waals surface area (Å²) in [4.78, 5) is 23.9. The first-order chi connectivity index (χ1) is 8.41. The number of rotatable bonds is 7. The summed E-state index contributed by atoms with van der Waals surface area (Å²) in [6.07, 6.45) is -0.507. The van der Waals surface area contributed by atoms with Crippen molar-refractivity contribution in [1.29, 1.82) is 0 Å². The van der Waals surface area contributed by atoms with Crippen LogP contribution in [0.5, 0.6) is 0 Å². The Morgan fingerprint density at radius 1 is 1.44 bits per heavy atom. The molecule has 0 aromatic heterocycles. The minimum Gasteiger partial charge on any atom is -0.389 e. The summed E-state index contributed by atoms with van der Waals surface area (Å²) in [5.74, 6) is -0.00816. The number of likely N-dealkylation sites (N-methyl/N-ethyl adjacent to an activating group) is 1. The molecule has 0 aromatic carbocycles. The number of amides is 2. The number of nitrogens with zero attached hydrogens (tertiary/aromatic N) is 1. The lowest BCUT2D eigenvalue weighted by molar-refractivity contribution is -0.137. The van der Waals surface area contributed by atoms with Crippen LogP contribution in [0.25, 0.3) is 0 Å². The van der Waals surface area contributed by atoms with E-state index < -0.39 is 12.1 Å². The molecule has 2 atom stereocenters. The zero-order valence-electron chi connectivity index (χ0n) is 11.2. The average Bonchev–Trinajstić information content (AvgIpc) is 2.54. The first-order valence-electron chi connectivity index (χ1n) is 6.21. The third kappa shape index (κ3) is 4.36. The standard InChI is InChI=1S/C12H22N2O4/c1-8(2)6-18-7-9(15)5-13-10-4-11(16)14(3)12(10)17/h8-10,13,15H,4-7H2,1-3H3. The molecule has 2 N–H and O–H groups in total. The van der Waals surface area contributed by atoms with E-state index in [9.17, 15) is 14.7 Å². The van der Waals surface area contributed by atoms with E-state index in [2.05, 4.69) is 5.32 Å². The average molecular weight is 258 g/mol. The van der Waals surface area contributed by atoms with Crippen molar-refractivity contribution < 1.29 is 19.4 Å². The summed E-state index contributed by atoms with van der Waals surface area (Å²) in [7, 11) is 1.47. The van der Waals surface area contributed by atoms with Gasteiger partial charge in [-0.15, -0.1) is 0 Å². The van der Waals surface area contributed by atoms with Gasteiger partial charge >= 0.3 is 0 Å². The minimum absolute atomic E-state index is 0.162. The molecule has 0 saturated carbocycles. The molecule has 104 valence electrons. The molecule has 1 fully saturated rings. The van der Waals surface area contributed by atoms with Gasteiger partial charge in [0.1, 0.15) is 0 Å². The van der Waals surface area contributed by atoms with E-state index in [1.807, 2.05) is 13.8 Å². The Kier molecular flexibility index (Phi) is 5.71. The fourth-order valence-electron chi connectivity index (χ4n) is 1.69. The summed E-state index contributed by atoms with van der Waals surface area (Å²) in [5, 5.41) is 12.5. The Morgan fingerprint density at radius 3 is 2.61 bits per heavy atom. The maximum atomic E-state index is 11.6. The van der Waals surface area contributed by atoms with Crippen LogP contribution < -0.4 is 5.32 Å². The summed E-state index contributed by atoms with van der Waals surface area (Å²) < 4.78 is 5.29. The molecule has 1 rings (SSSR count). The predicted molar refractivity (Wildman–Crippen MR) is 65.8 cm³/mol. The number of hydrogen-bond acceptors (Lipinski definition) is 5. The van der Waals surface area contributed by atoms with E-state index in [0.29, 0.717) is 12.5 Å². The molecule has 0 spiro atoms. The number of carbonyl (C=O) groups excluding carboxylic acids is 2. The van der Waals surface area contributed by atoms with Crippen LogP contribution in [0.1, 0.15) is 20.3 Å². The van der Waals surface area contributed by atoms with Gasteiger partial charge in [0, 0.05) is 20.2 Å². The molecule has 0 radical (unpaired) electrons. The topological polar surface area (TPSA) is 78.9 Å². The first-order valence-corrected chi connectivity index (χ1v) is 6.21. The fraction of sp³-hybridized carbons (Fsp3) is 0.833. The molecule has 1 saturated heterocycles. The molecule has 1 heterocycles. The van der Waals surface area contributed by atoms with Crippen molar-refractivity contribution in [3.63, 3.8) is 0 Å². The number of ether oxygens (including phenoxy) is 1. The summed E-state index contributed by atoms with van der Waals surface area (Å²) in [6, 6.07) is -0.512. The van der Waals surface area contributed by atoms with E-state index in [4.69, 9.17) is 4.74 Å². The van der Waals surface area contributed by atoms with Gasteiger partial charge in [-0.25, -0.2) is 0 Å². The number of imide groups is 1. The fourth-order valence-corrected chi connectivity index (χ4v) is 1.69. The van der Waals surface area contributed by atoms with Crippen molar-refractivity contribution in [2.45, 2.75) is 32.4 Å². The van der Waals surface area contributed by atoms with Gasteiger partial charge in [0.25, 0.3) is 0 Å². The molecule has 6 heteroatoms. The Morgan fingerprint density at radius 2 is 2.11 bits per heavy atom. The van der Waals surface area contributed by atoms with Crippen LogP contribution in [0.15, 0.2) is 0 Å². The van der Waals surface area contributed by atoms with Gasteiger partial charge in [0.15, 0.2) is 0 Å². The van der Waals surface area contributed by atoms with E-state index in [-0.39, 0.29) is 31.4 Å². The zero-order valence-corrected chi connectivity index (χ0v) is 11.2. The second-order valence-corrected chi connectivity index (χ2v) is 5.04. The Balaban J connectivity index is 2.21. The van der Waals surface area contributed by atoms with E-state index >= 15 is 0 Å². The summed E-state index contributed by atoms with van der Waals surface area (Å²) in [6.45, 7) is 5.14. The Labute approximate surface area is 107 Å². The van der Waals surface area contributed by atoms with E-state index in [0.717, 1.165) is 4.90 Å². The Bertz CT molecular complexity index is 306. The van der Waals surface area contributed by atoms with Crippen molar-refractivity contribution in [2.24, 2.45) is 5.92 Å². The summed E-state index contributed by atoms with van der Waals surface area (Å²) in [5.41, 5.74) is 0. The lowest BCUT2D eigenvalue weighted by Gasteiger charge is -2.16. The second-order valence-electron chi connectivity index (χ2n) is 5.04. The quantitative estimate of drug-likeness (QED) is 0.594. The molecular formula is C12H22N2O4. The predicted octanol–water partition coefficient (Wildman–Crippen LogP) is -0.633. The molecule has 6 nitrogen and oxygen atoms in total. The van der Waals surface area contributed by atoms with Crippen molar-refractivity contribution in [3.8, 4) is 0 Å². The number of nitrogens with one attached hydrogen (secondary N) is 1. The molecule has 2 amide bonds. The highest BCUT2D eigenvalue weighted by Crippen LogP contribution is 2.10. The van der Waals surface area contributed by atoms with Gasteiger partial charge in [0.05, 0.1) is 25.2 Å². The van der Waals surface area contributed by atoms with Crippen LogP contribution in [0.2, 0.25) is 0 Å². The lowest BCUT2D eigenvalue weighted by atomic mass is 10.2. The Hall–Kier alpha value is -0.980. The van der Waals surface area contributed by atoms with Crippen LogP contribution in [0.4, 0.5) is 0 Å². The molecule has 0 bridgehead atoms. The van der Waals surface area contributed by atoms with Gasteiger partial charge in [-0.3, -0.25) is 14.5 Å². The smallest absolute Gasteiger partial charge is 0.246 e. The monoisotopic (exact) mass is 258 g/mol. The van der Waals surface area contributed by atoms with Crippen molar-refractivity contribution >= 4 is 11.8 Å². The van der Waals surface area contributed by atoms with Crippen LogP contribution in [0, 0.1) is 5.92 Å². The normalized spacial score (nSPS) is 22.1. The van der Waals surface area contributed by atoms with Crippen molar-refractivity contribution in [2.75, 3.05) is 26.8 Å². The van der Waals surface area contributed by atoms with Gasteiger partial charge in [-0.2, -0.15) is 0 Å². The number of carbonyl (C=O) groups is 2. The molecule has 0 aliphatic carbocycles. The second kappa shape index (κ2) is 6.82. The number of hydrogen-bond donors (Lipinski definition) is 2. The highest BCUT2D eigenvalue weighted by molar-refractivity contribution is 6.05. The maximum absolute atomic E-state index is 11.6. The largest absolute Gasteiger partial charge is 0.389 e. The highest BCUT2D eigenvalue weighted by Gasteiger charge is 2.35. The number of aliphatic hydroxyl groups excluding tert-OH is 1. The van der Waals surface area contributed by atoms with E-state index in [1.54, 1.807) is 0 Å². The van der Waals surface area contributed by atoms with Crippen LogP contribution in [0.3, 0.4) is 0 Å². The summed E-state index contributed by atoms with van der Waals surface area (Å²) >= 11 is 0. The zero-order chi connectivity index (χ0) is 13.7. The van der Waals surface area contributed by atoms with E-state index in [1.165, 1.54) is 7.05 Å². The van der Waals surface area contributed by atoms with Gasteiger partial charge in [-0.05, 0) is 5.92 Å². The molecule has 0 aromatic rings. The SMILES string of the molecule is CC(C)COCC(O)CNC1CC(=O)N(C)C1=O. The van der Waals surface area contributed by atoms with Crippen molar-refractivity contribution in [1.82, 2.24) is 10.2 Å². The van der Waals surface area contributed by atoms with Gasteiger partial charge < -0.3 is 15.2 Å². The molecule has 2 unspecified atom stereocenters. The third-order valence-electron chi connectivity index (χ3n) is 2.74. The van der Waals surface area contributed by atoms with Gasteiger partial charge in [0.2, 0.25) is 11.8 Å². The minimum atomic E-state index is -0.669. The first kappa shape index (κ1) is 15.1. The third-order valence-corrected chi connectivity index (χ3v) is 2.74. The number of likely N-dealkylation sites (tertiary alicyclic amines) is 1. The van der Waals surface area contributed by atoms with Crippen LogP contribution in [-0.2, 0) is 14.3 Å². The van der Waals surface area contributed by atoms with Gasteiger partial charge in [-0.1, -0.05) is 13.8 Å². The molecule has 1 aliphatic rings. The van der Waals surface area contributed by atoms with Crippen LogP contribution >= 0.6 is 0 Å². The van der Waals surface area contributed by atoms with Crippen LogP contribution in [-0.4, -0.2) is 60.8 Å². The maximum Gasteiger partial charge on any atom is 0.246 e. The lowest BCUT2D eigenvalue weighted by Crippen LogP contribution is -2.42. The highest BCUT2D eigenvalue weighted by atomic mass is 16.5. The van der Waals surface area contributed by atoms with Crippen molar-refractivity contribution in [3.05, 3.63) is 0 Å². The molecule has 1 aliphatic heterocycles. The molecular weight excluding hydrogens is 236 g/mol. The molecule has 18 heavy (non-hydrogen) atoms. The number of aliphatic hydroxyl groups is 1.